The summed E-state index contributed by atoms with van der Waals surface area (Å²) in [7, 11) is 0. The minimum Gasteiger partial charge on any atom is -0.326 e. The van der Waals surface area contributed by atoms with Crippen LogP contribution in [-0.4, -0.2) is 6.54 Å². The molecule has 0 bridgehead atoms. The summed E-state index contributed by atoms with van der Waals surface area (Å²) < 4.78 is 0. The molecule has 0 saturated carbocycles. The molecule has 0 atom stereocenters. The van der Waals surface area contributed by atoms with Crippen molar-refractivity contribution in [1.82, 2.24) is 0 Å². The van der Waals surface area contributed by atoms with Crippen LogP contribution >= 0.6 is 0 Å². The summed E-state index contributed by atoms with van der Waals surface area (Å²) in [5.74, 6) is 0. The minimum absolute atomic E-state index is 0.612. The van der Waals surface area contributed by atoms with Gasteiger partial charge >= 0.3 is 0 Å². The highest BCUT2D eigenvalue weighted by Crippen LogP contribution is 2.16. The highest BCUT2D eigenvalue weighted by Gasteiger charge is 1.99. The van der Waals surface area contributed by atoms with Gasteiger partial charge in [-0.2, -0.15) is 0 Å². The van der Waals surface area contributed by atoms with E-state index in [-0.39, 0.29) is 0 Å². The molecule has 1 nitrogen and oxygen atoms in total. The summed E-state index contributed by atoms with van der Waals surface area (Å²) in [5.41, 5.74) is 9.39. The maximum Gasteiger partial charge on any atom is 0.0180 e. The molecule has 0 saturated heterocycles. The molecule has 12 heavy (non-hydrogen) atoms. The molecule has 0 aromatic heterocycles. The molecule has 0 fully saturated rings. The Bertz CT molecular complexity index is 287. The Balaban J connectivity index is 3.10. The van der Waals surface area contributed by atoms with Gasteiger partial charge in [0, 0.05) is 6.54 Å². The largest absolute Gasteiger partial charge is 0.326 e. The van der Waals surface area contributed by atoms with E-state index in [1.807, 2.05) is 19.1 Å². The van der Waals surface area contributed by atoms with Crippen molar-refractivity contribution in [3.05, 3.63) is 41.5 Å². The van der Waals surface area contributed by atoms with Crippen molar-refractivity contribution >= 4 is 5.57 Å². The number of benzene rings is 1. The summed E-state index contributed by atoms with van der Waals surface area (Å²) >= 11 is 0. The number of nitrogens with two attached hydrogens (primary N) is 1. The van der Waals surface area contributed by atoms with Crippen molar-refractivity contribution in [3.8, 4) is 0 Å². The van der Waals surface area contributed by atoms with Gasteiger partial charge in [-0.25, -0.2) is 0 Å². The monoisotopic (exact) mass is 161 g/mol. The van der Waals surface area contributed by atoms with Crippen LogP contribution in [0.15, 0.2) is 30.3 Å². The molecule has 1 heteroatoms. The number of hydrogen-bond acceptors (Lipinski definition) is 1. The molecule has 1 rings (SSSR count). The smallest absolute Gasteiger partial charge is 0.0180 e. The fourth-order valence-electron chi connectivity index (χ4n) is 1.32. The van der Waals surface area contributed by atoms with E-state index < -0.39 is 0 Å². The standard InChI is InChI=1S/C11H15N/c1-3-10(8-12)11-7-5-4-6-9(11)2/h3-7H,8,12H2,1-2H3. The highest BCUT2D eigenvalue weighted by molar-refractivity contribution is 5.68. The molecule has 1 aromatic rings. The van der Waals surface area contributed by atoms with Crippen LogP contribution in [0.2, 0.25) is 0 Å². The summed E-state index contributed by atoms with van der Waals surface area (Å²) in [6, 6.07) is 8.30. The van der Waals surface area contributed by atoms with Crippen LogP contribution in [0, 0.1) is 6.92 Å². The second-order valence-electron chi connectivity index (χ2n) is 2.83. The van der Waals surface area contributed by atoms with E-state index in [4.69, 9.17) is 5.73 Å². The van der Waals surface area contributed by atoms with E-state index >= 15 is 0 Å². The molecule has 0 amide bonds. The van der Waals surface area contributed by atoms with Crippen molar-refractivity contribution in [2.45, 2.75) is 13.8 Å². The second kappa shape index (κ2) is 4.07. The van der Waals surface area contributed by atoms with E-state index in [0.717, 1.165) is 0 Å². The first kappa shape index (κ1) is 9.01. The normalized spacial score (nSPS) is 11.8. The first-order valence-corrected chi connectivity index (χ1v) is 4.21. The molecule has 0 aliphatic rings. The number of hydrogen-bond donors (Lipinski definition) is 1. The fraction of sp³-hybridized carbons (Fsp3) is 0.273. The zero-order valence-electron chi connectivity index (χ0n) is 7.67. The summed E-state index contributed by atoms with van der Waals surface area (Å²) in [6.45, 7) is 4.74. The fourth-order valence-corrected chi connectivity index (χ4v) is 1.32. The molecule has 2 N–H and O–H groups in total. The third-order valence-electron chi connectivity index (χ3n) is 2.06. The summed E-state index contributed by atoms with van der Waals surface area (Å²) in [5, 5.41) is 0. The lowest BCUT2D eigenvalue weighted by Gasteiger charge is -2.06. The highest BCUT2D eigenvalue weighted by atomic mass is 14.5. The topological polar surface area (TPSA) is 26.0 Å². The van der Waals surface area contributed by atoms with Crippen molar-refractivity contribution in [2.24, 2.45) is 5.73 Å². The first-order chi connectivity index (χ1) is 5.79. The van der Waals surface area contributed by atoms with Crippen molar-refractivity contribution in [2.75, 3.05) is 6.54 Å². The van der Waals surface area contributed by atoms with Crippen LogP contribution in [0.5, 0.6) is 0 Å². The van der Waals surface area contributed by atoms with E-state index in [9.17, 15) is 0 Å². The lowest BCUT2D eigenvalue weighted by Crippen LogP contribution is -2.03. The quantitative estimate of drug-likeness (QED) is 0.708. The Morgan fingerprint density at radius 2 is 2.08 bits per heavy atom. The van der Waals surface area contributed by atoms with Gasteiger partial charge in [0.25, 0.3) is 0 Å². The average Bonchev–Trinajstić information content (AvgIpc) is 2.10. The predicted octanol–water partition coefficient (Wildman–Crippen LogP) is 2.36. The molecular weight excluding hydrogens is 146 g/mol. The first-order valence-electron chi connectivity index (χ1n) is 4.21. The van der Waals surface area contributed by atoms with Crippen molar-refractivity contribution < 1.29 is 0 Å². The van der Waals surface area contributed by atoms with Crippen LogP contribution in [0.3, 0.4) is 0 Å². The van der Waals surface area contributed by atoms with Gasteiger partial charge in [-0.05, 0) is 30.5 Å². The average molecular weight is 161 g/mol. The number of rotatable bonds is 2. The van der Waals surface area contributed by atoms with Crippen LogP contribution < -0.4 is 5.73 Å². The van der Waals surface area contributed by atoms with E-state index in [1.54, 1.807) is 0 Å². The third kappa shape index (κ3) is 1.74. The maximum absolute atomic E-state index is 5.62. The van der Waals surface area contributed by atoms with Crippen LogP contribution in [0.4, 0.5) is 0 Å². The Morgan fingerprint density at radius 1 is 1.42 bits per heavy atom. The van der Waals surface area contributed by atoms with Gasteiger partial charge in [-0.15, -0.1) is 0 Å². The maximum atomic E-state index is 5.62. The lowest BCUT2D eigenvalue weighted by molar-refractivity contribution is 1.24. The molecule has 0 unspecified atom stereocenters. The van der Waals surface area contributed by atoms with Gasteiger partial charge in [0.05, 0.1) is 0 Å². The Kier molecular flexibility index (Phi) is 3.06. The Hall–Kier alpha value is -1.08. The van der Waals surface area contributed by atoms with Crippen LogP contribution in [-0.2, 0) is 0 Å². The van der Waals surface area contributed by atoms with E-state index in [2.05, 4.69) is 25.1 Å². The lowest BCUT2D eigenvalue weighted by atomic mass is 10.0. The van der Waals surface area contributed by atoms with Gasteiger partial charge in [0.15, 0.2) is 0 Å². The molecule has 0 spiro atoms. The zero-order chi connectivity index (χ0) is 8.97. The summed E-state index contributed by atoms with van der Waals surface area (Å²) in [4.78, 5) is 0. The molecule has 0 heterocycles. The number of allylic oxidation sites excluding steroid dienone is 1. The van der Waals surface area contributed by atoms with E-state index in [1.165, 1.54) is 16.7 Å². The van der Waals surface area contributed by atoms with Gasteiger partial charge in [0.1, 0.15) is 0 Å². The number of aryl methyl sites for hydroxylation is 1. The third-order valence-corrected chi connectivity index (χ3v) is 2.06. The van der Waals surface area contributed by atoms with Gasteiger partial charge in [-0.3, -0.25) is 0 Å². The van der Waals surface area contributed by atoms with Crippen LogP contribution in [0.25, 0.3) is 5.57 Å². The molecule has 0 radical (unpaired) electrons. The Morgan fingerprint density at radius 3 is 2.58 bits per heavy atom. The van der Waals surface area contributed by atoms with Crippen molar-refractivity contribution in [3.63, 3.8) is 0 Å². The Labute approximate surface area is 73.9 Å². The van der Waals surface area contributed by atoms with E-state index in [0.29, 0.717) is 6.54 Å². The summed E-state index contributed by atoms with van der Waals surface area (Å²) in [6.07, 6.45) is 2.07. The second-order valence-corrected chi connectivity index (χ2v) is 2.83. The van der Waals surface area contributed by atoms with Gasteiger partial charge in [0.2, 0.25) is 0 Å². The van der Waals surface area contributed by atoms with Gasteiger partial charge in [-0.1, -0.05) is 30.3 Å². The molecular formula is C11H15N. The van der Waals surface area contributed by atoms with Crippen molar-refractivity contribution in [1.29, 1.82) is 0 Å². The van der Waals surface area contributed by atoms with Crippen LogP contribution in [0.1, 0.15) is 18.1 Å². The van der Waals surface area contributed by atoms with Gasteiger partial charge < -0.3 is 5.73 Å². The molecule has 0 aliphatic heterocycles. The minimum atomic E-state index is 0.612. The SMILES string of the molecule is CC=C(CN)c1ccccc1C. The molecule has 1 aromatic carbocycles. The molecule has 64 valence electrons. The zero-order valence-corrected chi connectivity index (χ0v) is 7.67. The predicted molar refractivity (Wildman–Crippen MR) is 53.9 cm³/mol. The molecule has 0 aliphatic carbocycles.